The molecule has 0 saturated carbocycles. The van der Waals surface area contributed by atoms with E-state index in [2.05, 4.69) is 15.1 Å². The minimum atomic E-state index is -4.87. The Bertz CT molecular complexity index is 1880. The number of aromatic nitrogens is 1. The second kappa shape index (κ2) is 16.6. The Balaban J connectivity index is 1.51. The van der Waals surface area contributed by atoms with Gasteiger partial charge in [-0.05, 0) is 75.6 Å². The van der Waals surface area contributed by atoms with Gasteiger partial charge in [-0.25, -0.2) is 4.98 Å². The van der Waals surface area contributed by atoms with Gasteiger partial charge in [0.25, 0.3) is 5.91 Å². The molecular weight excluding hydrogens is 722 g/mol. The number of nitrogens with zero attached hydrogens (tertiary/aromatic N) is 3. The van der Waals surface area contributed by atoms with Crippen LogP contribution >= 0.6 is 11.6 Å². The van der Waals surface area contributed by atoms with Crippen molar-refractivity contribution in [2.75, 3.05) is 46.5 Å². The first-order valence-electron chi connectivity index (χ1n) is 17.7. The molecule has 0 radical (unpaired) electrons. The zero-order valence-corrected chi connectivity index (χ0v) is 30.0. The monoisotopic (exact) mass is 762 g/mol. The number of fused-ring (bicyclic) bond motifs is 1. The molecule has 6 rings (SSSR count). The van der Waals surface area contributed by atoms with Crippen molar-refractivity contribution in [3.8, 4) is 17.0 Å². The van der Waals surface area contributed by atoms with Crippen LogP contribution in [0.15, 0.2) is 66.7 Å². The summed E-state index contributed by atoms with van der Waals surface area (Å²) in [6, 6.07) is 12.4. The van der Waals surface area contributed by atoms with Gasteiger partial charge in [-0.2, -0.15) is 26.3 Å². The van der Waals surface area contributed by atoms with Crippen molar-refractivity contribution in [3.05, 3.63) is 94.0 Å². The summed E-state index contributed by atoms with van der Waals surface area (Å²) in [4.78, 5) is 23.9. The largest absolute Gasteiger partial charge is 0.490 e. The molecule has 3 heterocycles. The zero-order chi connectivity index (χ0) is 37.8. The van der Waals surface area contributed by atoms with E-state index in [4.69, 9.17) is 26.1 Å². The maximum Gasteiger partial charge on any atom is 0.416 e. The molecule has 1 amide bonds. The smallest absolute Gasteiger partial charge is 0.416 e. The summed E-state index contributed by atoms with van der Waals surface area (Å²) in [6.45, 7) is 3.67. The summed E-state index contributed by atoms with van der Waals surface area (Å²) in [5, 5.41) is 2.42. The first-order chi connectivity index (χ1) is 25.3. The quantitative estimate of drug-likeness (QED) is 0.122. The molecule has 0 aliphatic carbocycles. The molecule has 0 unspecified atom stereocenters. The van der Waals surface area contributed by atoms with Crippen LogP contribution < -0.4 is 10.1 Å². The summed E-state index contributed by atoms with van der Waals surface area (Å²) in [5.74, 6) is -0.908. The topological polar surface area (TPSA) is 66.9 Å². The van der Waals surface area contributed by atoms with Crippen LogP contribution in [0.25, 0.3) is 22.2 Å². The predicted octanol–water partition coefficient (Wildman–Crippen LogP) is 9.08. The van der Waals surface area contributed by atoms with E-state index in [1.54, 1.807) is 6.07 Å². The SMILES string of the molecule is COCCOc1cc2nc(-c3cccc(C(F)(F)F)c3)c(CN3CCC(N4CCCCC4)CC3)c(C(=O)N[C@H](c3ccccc3)C(F)(F)F)c2cc1Cl. The summed E-state index contributed by atoms with van der Waals surface area (Å²) in [7, 11) is 1.49. The zero-order valence-electron chi connectivity index (χ0n) is 29.2. The minimum absolute atomic E-state index is 0.0420. The average molecular weight is 763 g/mol. The van der Waals surface area contributed by atoms with Crippen molar-refractivity contribution in [3.63, 3.8) is 0 Å². The second-order valence-corrected chi connectivity index (χ2v) is 13.9. The van der Waals surface area contributed by atoms with Crippen LogP contribution in [0.1, 0.15) is 65.2 Å². The lowest BCUT2D eigenvalue weighted by molar-refractivity contribution is -0.155. The number of benzene rings is 3. The maximum absolute atomic E-state index is 14.6. The van der Waals surface area contributed by atoms with Gasteiger partial charge in [-0.15, -0.1) is 0 Å². The second-order valence-electron chi connectivity index (χ2n) is 13.5. The fourth-order valence-corrected chi connectivity index (χ4v) is 7.52. The van der Waals surface area contributed by atoms with Crippen molar-refractivity contribution in [2.24, 2.45) is 0 Å². The summed E-state index contributed by atoms with van der Waals surface area (Å²) < 4.78 is 96.8. The first-order valence-corrected chi connectivity index (χ1v) is 18.1. The number of ether oxygens (including phenoxy) is 2. The van der Waals surface area contributed by atoms with Crippen molar-refractivity contribution < 1.29 is 40.6 Å². The van der Waals surface area contributed by atoms with Gasteiger partial charge < -0.3 is 19.7 Å². The number of carbonyl (C=O) groups is 1. The van der Waals surface area contributed by atoms with E-state index in [0.717, 1.165) is 50.9 Å². The summed E-state index contributed by atoms with van der Waals surface area (Å²) >= 11 is 6.65. The predicted molar refractivity (Wildman–Crippen MR) is 191 cm³/mol. The highest BCUT2D eigenvalue weighted by molar-refractivity contribution is 6.33. The van der Waals surface area contributed by atoms with Crippen LogP contribution in [0.2, 0.25) is 5.02 Å². The third kappa shape index (κ3) is 9.25. The highest BCUT2D eigenvalue weighted by Crippen LogP contribution is 2.40. The number of rotatable bonds is 11. The molecule has 4 aromatic rings. The number of piperidine rings is 2. The van der Waals surface area contributed by atoms with E-state index in [0.29, 0.717) is 19.1 Å². The number of hydrogen-bond acceptors (Lipinski definition) is 6. The lowest BCUT2D eigenvalue weighted by Crippen LogP contribution is -2.46. The Kier molecular flexibility index (Phi) is 12.2. The van der Waals surface area contributed by atoms with Crippen LogP contribution in [-0.2, 0) is 17.5 Å². The van der Waals surface area contributed by atoms with Crippen molar-refractivity contribution in [2.45, 2.75) is 63.1 Å². The molecule has 1 N–H and O–H groups in total. The normalized spacial score (nSPS) is 17.2. The Hall–Kier alpha value is -3.91. The van der Waals surface area contributed by atoms with Gasteiger partial charge in [-0.3, -0.25) is 9.69 Å². The molecule has 1 aromatic heterocycles. The molecule has 2 saturated heterocycles. The molecule has 1 atom stereocenters. The van der Waals surface area contributed by atoms with E-state index >= 15 is 0 Å². The van der Waals surface area contributed by atoms with E-state index < -0.39 is 29.9 Å². The lowest BCUT2D eigenvalue weighted by Gasteiger charge is -2.40. The van der Waals surface area contributed by atoms with Gasteiger partial charge >= 0.3 is 12.4 Å². The Morgan fingerprint density at radius 2 is 1.64 bits per heavy atom. The number of halogens is 7. The molecule has 7 nitrogen and oxygen atoms in total. The fraction of sp³-hybridized carbons (Fsp3) is 0.436. The summed E-state index contributed by atoms with van der Waals surface area (Å²) in [5.41, 5.74) is -0.869. The fourth-order valence-electron chi connectivity index (χ4n) is 7.30. The molecule has 3 aromatic carbocycles. The number of likely N-dealkylation sites (tertiary alicyclic amines) is 2. The Morgan fingerprint density at radius 1 is 0.925 bits per heavy atom. The van der Waals surface area contributed by atoms with Crippen molar-refractivity contribution in [1.82, 2.24) is 20.1 Å². The van der Waals surface area contributed by atoms with Crippen LogP contribution in [0.5, 0.6) is 5.75 Å². The van der Waals surface area contributed by atoms with Gasteiger partial charge in [0.1, 0.15) is 12.4 Å². The number of pyridine rings is 1. The van der Waals surface area contributed by atoms with Gasteiger partial charge in [0, 0.05) is 42.3 Å². The number of amides is 1. The molecule has 2 fully saturated rings. The molecule has 2 aliphatic heterocycles. The summed E-state index contributed by atoms with van der Waals surface area (Å²) in [6.07, 6.45) is -4.40. The first kappa shape index (κ1) is 38.8. The Morgan fingerprint density at radius 3 is 2.30 bits per heavy atom. The standard InChI is InChI=1S/C39H41ClF6N4O3/c1-52-19-20-53-33-23-32-29(22-31(33)40)34(37(51)48-36(39(44,45)46)25-9-4-2-5-10-25)30(35(47-32)26-11-8-12-27(21-26)38(41,42)43)24-49-17-13-28(14-18-49)50-15-6-3-7-16-50/h2,4-5,8-12,21-23,28,36H,3,6-7,13-20,24H2,1H3,(H,48,51)/t36-/m1/s1. The van der Waals surface area contributed by atoms with Gasteiger partial charge in [0.15, 0.2) is 6.04 Å². The highest BCUT2D eigenvalue weighted by atomic mass is 35.5. The van der Waals surface area contributed by atoms with E-state index in [-0.39, 0.29) is 69.4 Å². The Labute approximate surface area is 309 Å². The van der Waals surface area contributed by atoms with Gasteiger partial charge in [0.2, 0.25) is 0 Å². The minimum Gasteiger partial charge on any atom is -0.490 e. The molecule has 284 valence electrons. The number of nitrogens with one attached hydrogen (secondary N) is 1. The molecule has 2 aliphatic rings. The van der Waals surface area contributed by atoms with Crippen LogP contribution in [0.4, 0.5) is 26.3 Å². The number of methoxy groups -OCH3 is 1. The van der Waals surface area contributed by atoms with Crippen LogP contribution in [0.3, 0.4) is 0 Å². The van der Waals surface area contributed by atoms with Crippen LogP contribution in [-0.4, -0.2) is 79.4 Å². The van der Waals surface area contributed by atoms with E-state index in [1.165, 1.54) is 62.1 Å². The van der Waals surface area contributed by atoms with Gasteiger partial charge in [-0.1, -0.05) is 60.5 Å². The van der Waals surface area contributed by atoms with E-state index in [1.807, 2.05) is 0 Å². The number of alkyl halides is 6. The van der Waals surface area contributed by atoms with Crippen molar-refractivity contribution >= 4 is 28.4 Å². The number of hydrogen-bond donors (Lipinski definition) is 1. The molecule has 14 heteroatoms. The molecule has 53 heavy (non-hydrogen) atoms. The molecule has 0 spiro atoms. The number of carbonyl (C=O) groups excluding carboxylic acids is 1. The van der Waals surface area contributed by atoms with Gasteiger partial charge in [0.05, 0.1) is 34.0 Å². The third-order valence-electron chi connectivity index (χ3n) is 9.96. The highest BCUT2D eigenvalue weighted by Gasteiger charge is 2.43. The lowest BCUT2D eigenvalue weighted by atomic mass is 9.93. The molecule has 0 bridgehead atoms. The third-order valence-corrected chi connectivity index (χ3v) is 10.3. The molecular formula is C39H41ClF6N4O3. The maximum atomic E-state index is 14.6. The van der Waals surface area contributed by atoms with Crippen LogP contribution in [0, 0.1) is 0 Å². The van der Waals surface area contributed by atoms with E-state index in [9.17, 15) is 31.1 Å². The average Bonchev–Trinajstić information content (AvgIpc) is 3.14. The van der Waals surface area contributed by atoms with Crippen molar-refractivity contribution in [1.29, 1.82) is 0 Å².